The summed E-state index contributed by atoms with van der Waals surface area (Å²) in [5.41, 5.74) is -0.621. The van der Waals surface area contributed by atoms with Gasteiger partial charge in [0.1, 0.15) is 0 Å². The molecule has 1 aromatic carbocycles. The Kier molecular flexibility index (Phi) is 6.68. The molecule has 0 radical (unpaired) electrons. The van der Waals surface area contributed by atoms with Gasteiger partial charge in [0, 0.05) is 11.7 Å². The standard InChI is InChI=1S/C17H23F3N2O3S/c1-26(24,25)22(15-6-4-2-3-5-7-15)12-16(23)21-14-10-8-13(9-11-14)17(18,19)20/h8-11,15H,2-7,12H2,1H3,(H,21,23). The molecule has 26 heavy (non-hydrogen) atoms. The molecule has 0 saturated heterocycles. The number of nitrogens with zero attached hydrogens (tertiary/aromatic N) is 1. The zero-order chi connectivity index (χ0) is 19.4. The third-order valence-corrected chi connectivity index (χ3v) is 5.73. The van der Waals surface area contributed by atoms with Gasteiger partial charge in [-0.15, -0.1) is 0 Å². The summed E-state index contributed by atoms with van der Waals surface area (Å²) in [4.78, 5) is 12.2. The van der Waals surface area contributed by atoms with E-state index in [1.165, 1.54) is 4.31 Å². The maximum atomic E-state index is 12.6. The van der Waals surface area contributed by atoms with E-state index in [1.54, 1.807) is 0 Å². The molecule has 146 valence electrons. The largest absolute Gasteiger partial charge is 0.416 e. The smallest absolute Gasteiger partial charge is 0.325 e. The molecular formula is C17H23F3N2O3S. The molecule has 2 rings (SSSR count). The van der Waals surface area contributed by atoms with Crippen molar-refractivity contribution in [1.29, 1.82) is 0 Å². The fourth-order valence-electron chi connectivity index (χ4n) is 3.15. The van der Waals surface area contributed by atoms with Crippen molar-refractivity contribution in [3.63, 3.8) is 0 Å². The first-order valence-corrected chi connectivity index (χ1v) is 10.4. The predicted octanol–water partition coefficient (Wildman–Crippen LogP) is 3.63. The molecule has 1 saturated carbocycles. The van der Waals surface area contributed by atoms with Crippen molar-refractivity contribution in [2.24, 2.45) is 0 Å². The summed E-state index contributed by atoms with van der Waals surface area (Å²) in [6.45, 7) is -0.343. The Labute approximate surface area is 151 Å². The Morgan fingerprint density at radius 1 is 1.12 bits per heavy atom. The highest BCUT2D eigenvalue weighted by molar-refractivity contribution is 7.88. The van der Waals surface area contributed by atoms with Crippen LogP contribution in [0.2, 0.25) is 0 Å². The second-order valence-corrected chi connectivity index (χ2v) is 8.51. The summed E-state index contributed by atoms with van der Waals surface area (Å²) in [5, 5.41) is 2.47. The van der Waals surface area contributed by atoms with E-state index in [2.05, 4.69) is 5.32 Å². The highest BCUT2D eigenvalue weighted by atomic mass is 32.2. The Bertz CT molecular complexity index is 710. The molecule has 1 N–H and O–H groups in total. The van der Waals surface area contributed by atoms with Gasteiger partial charge in [-0.1, -0.05) is 25.7 Å². The van der Waals surface area contributed by atoms with Crippen molar-refractivity contribution in [2.45, 2.75) is 50.7 Å². The van der Waals surface area contributed by atoms with Gasteiger partial charge in [-0.25, -0.2) is 8.42 Å². The number of anilines is 1. The fraction of sp³-hybridized carbons (Fsp3) is 0.588. The molecule has 0 unspecified atom stereocenters. The fourth-order valence-corrected chi connectivity index (χ4v) is 4.25. The second kappa shape index (κ2) is 8.39. The number of halogens is 3. The minimum Gasteiger partial charge on any atom is -0.325 e. The van der Waals surface area contributed by atoms with Crippen LogP contribution in [0.25, 0.3) is 0 Å². The topological polar surface area (TPSA) is 66.5 Å². The van der Waals surface area contributed by atoms with Crippen molar-refractivity contribution in [2.75, 3.05) is 18.1 Å². The molecule has 9 heteroatoms. The van der Waals surface area contributed by atoms with Crippen LogP contribution in [0.3, 0.4) is 0 Å². The number of carbonyl (C=O) groups excluding carboxylic acids is 1. The van der Waals surface area contributed by atoms with Gasteiger partial charge >= 0.3 is 6.18 Å². The number of benzene rings is 1. The van der Waals surface area contributed by atoms with Crippen molar-refractivity contribution in [3.8, 4) is 0 Å². The van der Waals surface area contributed by atoms with Crippen molar-refractivity contribution >= 4 is 21.6 Å². The van der Waals surface area contributed by atoms with Crippen LogP contribution in [0.4, 0.5) is 18.9 Å². The minimum atomic E-state index is -4.45. The quantitative estimate of drug-likeness (QED) is 0.778. The molecule has 5 nitrogen and oxygen atoms in total. The molecule has 1 aliphatic rings. The van der Waals surface area contributed by atoms with E-state index in [9.17, 15) is 26.4 Å². The molecular weight excluding hydrogens is 369 g/mol. The zero-order valence-electron chi connectivity index (χ0n) is 14.6. The van der Waals surface area contributed by atoms with Gasteiger partial charge < -0.3 is 5.32 Å². The minimum absolute atomic E-state index is 0.192. The van der Waals surface area contributed by atoms with Crippen LogP contribution in [0.5, 0.6) is 0 Å². The summed E-state index contributed by atoms with van der Waals surface area (Å²) in [7, 11) is -3.57. The summed E-state index contributed by atoms with van der Waals surface area (Å²) in [5.74, 6) is -0.570. The normalized spacial score (nSPS) is 17.1. The molecule has 0 aromatic heterocycles. The average Bonchev–Trinajstić information content (AvgIpc) is 2.80. The van der Waals surface area contributed by atoms with E-state index in [0.29, 0.717) is 12.8 Å². The van der Waals surface area contributed by atoms with Crippen LogP contribution in [0.1, 0.15) is 44.1 Å². The van der Waals surface area contributed by atoms with Gasteiger partial charge in [0.05, 0.1) is 18.4 Å². The van der Waals surface area contributed by atoms with Gasteiger partial charge in [0.2, 0.25) is 15.9 Å². The SMILES string of the molecule is CS(=O)(=O)N(CC(=O)Nc1ccc(C(F)(F)F)cc1)C1CCCCCC1. The van der Waals surface area contributed by atoms with Crippen molar-refractivity contribution < 1.29 is 26.4 Å². The maximum Gasteiger partial charge on any atom is 0.416 e. The summed E-state index contributed by atoms with van der Waals surface area (Å²) < 4.78 is 63.1. The molecule has 0 heterocycles. The lowest BCUT2D eigenvalue weighted by molar-refractivity contribution is -0.137. The summed E-state index contributed by atoms with van der Waals surface area (Å²) in [6.07, 6.45) is 1.96. The molecule has 1 fully saturated rings. The average molecular weight is 392 g/mol. The first-order valence-electron chi connectivity index (χ1n) is 8.51. The molecule has 1 amide bonds. The summed E-state index contributed by atoms with van der Waals surface area (Å²) in [6, 6.07) is 3.82. The molecule has 0 spiro atoms. The number of hydrogen-bond acceptors (Lipinski definition) is 3. The monoisotopic (exact) mass is 392 g/mol. The predicted molar refractivity (Wildman–Crippen MR) is 93.1 cm³/mol. The van der Waals surface area contributed by atoms with Crippen LogP contribution < -0.4 is 5.32 Å². The van der Waals surface area contributed by atoms with Gasteiger partial charge in [0.25, 0.3) is 0 Å². The number of alkyl halides is 3. The molecule has 1 aliphatic carbocycles. The number of sulfonamides is 1. The van der Waals surface area contributed by atoms with Crippen LogP contribution in [0.15, 0.2) is 24.3 Å². The Morgan fingerprint density at radius 3 is 2.12 bits per heavy atom. The molecule has 0 aliphatic heterocycles. The second-order valence-electron chi connectivity index (χ2n) is 6.58. The highest BCUT2D eigenvalue weighted by Gasteiger charge is 2.31. The van der Waals surface area contributed by atoms with Crippen LogP contribution in [0, 0.1) is 0 Å². The Morgan fingerprint density at radius 2 is 1.65 bits per heavy atom. The van der Waals surface area contributed by atoms with E-state index >= 15 is 0 Å². The van der Waals surface area contributed by atoms with Crippen molar-refractivity contribution in [3.05, 3.63) is 29.8 Å². The number of hydrogen-bond donors (Lipinski definition) is 1. The van der Waals surface area contributed by atoms with Crippen molar-refractivity contribution in [1.82, 2.24) is 4.31 Å². The van der Waals surface area contributed by atoms with Crippen LogP contribution >= 0.6 is 0 Å². The first-order chi connectivity index (χ1) is 12.1. The molecule has 1 aromatic rings. The highest BCUT2D eigenvalue weighted by Crippen LogP contribution is 2.30. The van der Waals surface area contributed by atoms with Gasteiger partial charge in [0.15, 0.2) is 0 Å². The van der Waals surface area contributed by atoms with Gasteiger partial charge in [-0.2, -0.15) is 17.5 Å². The lowest BCUT2D eigenvalue weighted by atomic mass is 10.1. The number of carbonyl (C=O) groups is 1. The third kappa shape index (κ3) is 5.98. The zero-order valence-corrected chi connectivity index (χ0v) is 15.4. The van der Waals surface area contributed by atoms with Gasteiger partial charge in [-0.3, -0.25) is 4.79 Å². The first kappa shape index (κ1) is 20.7. The lowest BCUT2D eigenvalue weighted by Gasteiger charge is -2.28. The van der Waals surface area contributed by atoms with E-state index < -0.39 is 27.7 Å². The maximum absolute atomic E-state index is 12.6. The molecule has 0 atom stereocenters. The number of nitrogens with one attached hydrogen (secondary N) is 1. The Hall–Kier alpha value is -1.61. The Balaban J connectivity index is 2.05. The van der Waals surface area contributed by atoms with Crippen LogP contribution in [-0.2, 0) is 21.0 Å². The van der Waals surface area contributed by atoms with Gasteiger partial charge in [-0.05, 0) is 37.1 Å². The molecule has 0 bridgehead atoms. The van der Waals surface area contributed by atoms with E-state index in [1.807, 2.05) is 0 Å². The number of amides is 1. The van der Waals surface area contributed by atoms with Crippen LogP contribution in [-0.4, -0.2) is 37.5 Å². The van der Waals surface area contributed by atoms with E-state index in [-0.39, 0.29) is 18.3 Å². The lowest BCUT2D eigenvalue weighted by Crippen LogP contribution is -2.44. The van der Waals surface area contributed by atoms with E-state index in [4.69, 9.17) is 0 Å². The number of rotatable bonds is 5. The third-order valence-electron chi connectivity index (χ3n) is 4.45. The summed E-state index contributed by atoms with van der Waals surface area (Å²) >= 11 is 0. The van der Waals surface area contributed by atoms with E-state index in [0.717, 1.165) is 56.2 Å².